The van der Waals surface area contributed by atoms with Crippen molar-refractivity contribution in [2.24, 2.45) is 0 Å². The Labute approximate surface area is 179 Å². The van der Waals surface area contributed by atoms with Gasteiger partial charge in [-0.2, -0.15) is 0 Å². The third kappa shape index (κ3) is 8.55. The highest BCUT2D eigenvalue weighted by Crippen LogP contribution is 2.18. The summed E-state index contributed by atoms with van der Waals surface area (Å²) in [5.41, 5.74) is 1.94. The first kappa shape index (κ1) is 23.3. The monoisotopic (exact) mass is 411 g/mol. The summed E-state index contributed by atoms with van der Waals surface area (Å²) in [5.74, 6) is 0.465. The Hall–Kier alpha value is -3.02. The van der Waals surface area contributed by atoms with Crippen molar-refractivity contribution in [2.45, 2.75) is 46.0 Å². The Morgan fingerprint density at radius 2 is 1.70 bits per heavy atom. The molecule has 6 heteroatoms. The third-order valence-electron chi connectivity index (χ3n) is 4.50. The lowest BCUT2D eigenvalue weighted by atomic mass is 10.2. The lowest BCUT2D eigenvalue weighted by Crippen LogP contribution is -2.24. The van der Waals surface area contributed by atoms with Crippen LogP contribution in [0.5, 0.6) is 5.75 Å². The molecule has 0 saturated heterocycles. The van der Waals surface area contributed by atoms with Crippen molar-refractivity contribution in [3.63, 3.8) is 0 Å². The second kappa shape index (κ2) is 13.2. The molecule has 0 saturated carbocycles. The van der Waals surface area contributed by atoms with Crippen molar-refractivity contribution < 1.29 is 14.3 Å². The Balaban J connectivity index is 1.80. The highest BCUT2D eigenvalue weighted by atomic mass is 16.5. The first-order valence-electron chi connectivity index (χ1n) is 10.8. The molecule has 0 aliphatic heterocycles. The van der Waals surface area contributed by atoms with Gasteiger partial charge in [-0.25, -0.2) is 0 Å². The van der Waals surface area contributed by atoms with Gasteiger partial charge in [0.25, 0.3) is 5.91 Å². The van der Waals surface area contributed by atoms with Gasteiger partial charge in [-0.15, -0.1) is 0 Å². The summed E-state index contributed by atoms with van der Waals surface area (Å²) in [6, 6.07) is 14.5. The van der Waals surface area contributed by atoms with E-state index in [0.717, 1.165) is 24.3 Å². The lowest BCUT2D eigenvalue weighted by Gasteiger charge is -2.11. The van der Waals surface area contributed by atoms with Crippen LogP contribution >= 0.6 is 0 Å². The van der Waals surface area contributed by atoms with Gasteiger partial charge in [-0.1, -0.05) is 45.2 Å². The fraction of sp³-hybridized carbons (Fsp3) is 0.417. The summed E-state index contributed by atoms with van der Waals surface area (Å²) < 4.78 is 5.78. The Kier molecular flexibility index (Phi) is 10.3. The van der Waals surface area contributed by atoms with Crippen LogP contribution < -0.4 is 20.7 Å². The van der Waals surface area contributed by atoms with E-state index in [1.165, 1.54) is 19.3 Å². The van der Waals surface area contributed by atoms with Crippen LogP contribution in [0, 0.1) is 0 Å². The number of hydrogen-bond acceptors (Lipinski definition) is 4. The zero-order chi connectivity index (χ0) is 21.6. The van der Waals surface area contributed by atoms with E-state index in [9.17, 15) is 9.59 Å². The molecule has 2 amide bonds. The smallest absolute Gasteiger partial charge is 0.251 e. The zero-order valence-corrected chi connectivity index (χ0v) is 18.0. The normalized spacial score (nSPS) is 10.3. The van der Waals surface area contributed by atoms with Crippen LogP contribution in [0.2, 0.25) is 0 Å². The summed E-state index contributed by atoms with van der Waals surface area (Å²) in [7, 11) is 0. The molecular weight excluding hydrogens is 378 g/mol. The molecule has 2 aromatic rings. The van der Waals surface area contributed by atoms with Crippen LogP contribution in [0.1, 0.15) is 56.3 Å². The van der Waals surface area contributed by atoms with Gasteiger partial charge in [0.1, 0.15) is 5.75 Å². The van der Waals surface area contributed by atoms with Crippen LogP contribution in [0.4, 0.5) is 11.4 Å². The largest absolute Gasteiger partial charge is 0.494 e. The van der Waals surface area contributed by atoms with Gasteiger partial charge in [-0.3, -0.25) is 9.59 Å². The molecule has 0 atom stereocenters. The quantitative estimate of drug-likeness (QED) is 0.412. The SMILES string of the molecule is CCCCCCOc1cccc(NCC(=O)Nc2cccc(C(=O)NCCC)c2)c1. The minimum atomic E-state index is -0.188. The molecule has 2 rings (SSSR count). The number of anilines is 2. The van der Waals surface area contributed by atoms with Crippen molar-refractivity contribution in [1.82, 2.24) is 5.32 Å². The van der Waals surface area contributed by atoms with Crippen LogP contribution in [-0.2, 0) is 4.79 Å². The maximum Gasteiger partial charge on any atom is 0.251 e. The number of unbranched alkanes of at least 4 members (excludes halogenated alkanes) is 3. The van der Waals surface area contributed by atoms with E-state index in [2.05, 4.69) is 22.9 Å². The number of nitrogens with one attached hydrogen (secondary N) is 3. The molecule has 0 unspecified atom stereocenters. The van der Waals surface area contributed by atoms with Crippen molar-refractivity contribution in [1.29, 1.82) is 0 Å². The maximum atomic E-state index is 12.3. The van der Waals surface area contributed by atoms with Crippen LogP contribution in [-0.4, -0.2) is 31.5 Å². The topological polar surface area (TPSA) is 79.5 Å². The molecule has 30 heavy (non-hydrogen) atoms. The molecule has 0 heterocycles. The molecule has 2 aromatic carbocycles. The molecule has 0 aliphatic rings. The highest BCUT2D eigenvalue weighted by Gasteiger charge is 2.08. The summed E-state index contributed by atoms with van der Waals surface area (Å²) >= 11 is 0. The number of carbonyl (C=O) groups excluding carboxylic acids is 2. The fourth-order valence-electron chi connectivity index (χ4n) is 2.88. The minimum absolute atomic E-state index is 0.117. The first-order chi connectivity index (χ1) is 14.6. The summed E-state index contributed by atoms with van der Waals surface area (Å²) in [4.78, 5) is 24.4. The Bertz CT molecular complexity index is 808. The number of carbonyl (C=O) groups is 2. The van der Waals surface area contributed by atoms with E-state index < -0.39 is 0 Å². The number of rotatable bonds is 13. The molecule has 6 nitrogen and oxygen atoms in total. The van der Waals surface area contributed by atoms with Crippen molar-refractivity contribution in [3.05, 3.63) is 54.1 Å². The van der Waals surface area contributed by atoms with E-state index in [0.29, 0.717) is 24.4 Å². The average molecular weight is 412 g/mol. The van der Waals surface area contributed by atoms with Gasteiger partial charge in [0.2, 0.25) is 5.91 Å². The lowest BCUT2D eigenvalue weighted by molar-refractivity contribution is -0.114. The fourth-order valence-corrected chi connectivity index (χ4v) is 2.88. The highest BCUT2D eigenvalue weighted by molar-refractivity contribution is 5.98. The first-order valence-corrected chi connectivity index (χ1v) is 10.8. The minimum Gasteiger partial charge on any atom is -0.494 e. The number of hydrogen-bond donors (Lipinski definition) is 3. The van der Waals surface area contributed by atoms with E-state index in [1.807, 2.05) is 31.2 Å². The van der Waals surface area contributed by atoms with E-state index in [4.69, 9.17) is 4.74 Å². The van der Waals surface area contributed by atoms with Crippen molar-refractivity contribution >= 4 is 23.2 Å². The predicted molar refractivity (Wildman–Crippen MR) is 122 cm³/mol. The van der Waals surface area contributed by atoms with Gasteiger partial charge >= 0.3 is 0 Å². The van der Waals surface area contributed by atoms with Crippen LogP contribution in [0.3, 0.4) is 0 Å². The van der Waals surface area contributed by atoms with Gasteiger partial charge in [0, 0.05) is 29.5 Å². The van der Waals surface area contributed by atoms with E-state index in [-0.39, 0.29) is 18.4 Å². The zero-order valence-electron chi connectivity index (χ0n) is 18.0. The van der Waals surface area contributed by atoms with Crippen molar-refractivity contribution in [2.75, 3.05) is 30.3 Å². The maximum absolute atomic E-state index is 12.3. The van der Waals surface area contributed by atoms with Gasteiger partial charge in [0.15, 0.2) is 0 Å². The van der Waals surface area contributed by atoms with Crippen molar-refractivity contribution in [3.8, 4) is 5.75 Å². The molecule has 162 valence electrons. The number of benzene rings is 2. The third-order valence-corrected chi connectivity index (χ3v) is 4.50. The molecule has 3 N–H and O–H groups in total. The summed E-state index contributed by atoms with van der Waals surface area (Å²) in [5, 5.41) is 8.76. The van der Waals surface area contributed by atoms with E-state index in [1.54, 1.807) is 24.3 Å². The van der Waals surface area contributed by atoms with Crippen LogP contribution in [0.15, 0.2) is 48.5 Å². The van der Waals surface area contributed by atoms with Crippen LogP contribution in [0.25, 0.3) is 0 Å². The molecule has 0 aliphatic carbocycles. The van der Waals surface area contributed by atoms with Gasteiger partial charge < -0.3 is 20.7 Å². The number of ether oxygens (including phenoxy) is 1. The summed E-state index contributed by atoms with van der Waals surface area (Å²) in [6.45, 7) is 5.63. The molecule has 0 fully saturated rings. The second-order valence-corrected chi connectivity index (χ2v) is 7.18. The Morgan fingerprint density at radius 3 is 2.50 bits per heavy atom. The molecular formula is C24H33N3O3. The summed E-state index contributed by atoms with van der Waals surface area (Å²) in [6.07, 6.45) is 5.53. The predicted octanol–water partition coefficient (Wildman–Crippen LogP) is 4.84. The number of amides is 2. The molecule has 0 spiro atoms. The Morgan fingerprint density at radius 1 is 0.900 bits per heavy atom. The average Bonchev–Trinajstić information content (AvgIpc) is 2.76. The molecule has 0 bridgehead atoms. The molecule has 0 aromatic heterocycles. The van der Waals surface area contributed by atoms with E-state index >= 15 is 0 Å². The van der Waals surface area contributed by atoms with Gasteiger partial charge in [0.05, 0.1) is 13.2 Å². The molecule has 0 radical (unpaired) electrons. The van der Waals surface area contributed by atoms with Gasteiger partial charge in [-0.05, 0) is 43.2 Å². The second-order valence-electron chi connectivity index (χ2n) is 7.18. The standard InChI is InChI=1S/C24H33N3O3/c1-3-5-6-7-15-30-22-13-9-11-20(17-22)26-18-23(28)27-21-12-8-10-19(16-21)24(29)25-14-4-2/h8-13,16-17,26H,3-7,14-15,18H2,1-2H3,(H,25,29)(H,27,28).